The Morgan fingerprint density at radius 3 is 2.80 bits per heavy atom. The summed E-state index contributed by atoms with van der Waals surface area (Å²) in [5.41, 5.74) is 1.31. The molecule has 0 aliphatic rings. The van der Waals surface area contributed by atoms with Crippen LogP contribution in [-0.2, 0) is 0 Å². The van der Waals surface area contributed by atoms with E-state index in [0.717, 1.165) is 10.2 Å². The molecule has 15 heavy (non-hydrogen) atoms. The van der Waals surface area contributed by atoms with E-state index in [4.69, 9.17) is 0 Å². The second-order valence-electron chi connectivity index (χ2n) is 3.02. The predicted octanol–water partition coefficient (Wildman–Crippen LogP) is 2.84. The zero-order valence-corrected chi connectivity index (χ0v) is 10.3. The Hall–Kier alpha value is -1.07. The first-order valence-corrected chi connectivity index (χ1v) is 5.83. The molecule has 0 aliphatic heterocycles. The number of nitrogens with zero attached hydrogens (tertiary/aromatic N) is 2. The Bertz CT molecular complexity index is 492. The standard InChI is InChI=1S/C10H7BrN2OS/c1-6-4-9(15-13-6)10(14)8-3-2-7(11)5-12-8/h2-5H,1H3. The Morgan fingerprint density at radius 1 is 1.47 bits per heavy atom. The topological polar surface area (TPSA) is 42.9 Å². The summed E-state index contributed by atoms with van der Waals surface area (Å²) >= 11 is 4.48. The number of hydrogen-bond acceptors (Lipinski definition) is 4. The molecule has 0 radical (unpaired) electrons. The molecular weight excluding hydrogens is 276 g/mol. The highest BCUT2D eigenvalue weighted by Crippen LogP contribution is 2.15. The van der Waals surface area contributed by atoms with Gasteiger partial charge in [0.25, 0.3) is 0 Å². The third-order valence-electron chi connectivity index (χ3n) is 1.81. The number of halogens is 1. The van der Waals surface area contributed by atoms with Crippen LogP contribution in [0.15, 0.2) is 28.9 Å². The van der Waals surface area contributed by atoms with E-state index in [1.807, 2.05) is 6.92 Å². The Kier molecular flexibility index (Phi) is 2.93. The summed E-state index contributed by atoms with van der Waals surface area (Å²) in [5, 5.41) is 0. The molecule has 0 fully saturated rings. The second-order valence-corrected chi connectivity index (χ2v) is 4.74. The van der Waals surface area contributed by atoms with E-state index in [0.29, 0.717) is 10.6 Å². The number of aromatic nitrogens is 2. The Labute approximate surface area is 99.5 Å². The monoisotopic (exact) mass is 282 g/mol. The van der Waals surface area contributed by atoms with Gasteiger partial charge in [0.1, 0.15) is 5.69 Å². The highest BCUT2D eigenvalue weighted by molar-refractivity contribution is 9.10. The molecule has 0 bridgehead atoms. The highest BCUT2D eigenvalue weighted by atomic mass is 79.9. The van der Waals surface area contributed by atoms with Crippen molar-refractivity contribution >= 4 is 33.2 Å². The van der Waals surface area contributed by atoms with Crippen LogP contribution in [0.4, 0.5) is 0 Å². The zero-order valence-electron chi connectivity index (χ0n) is 7.90. The smallest absolute Gasteiger partial charge is 0.222 e. The fourth-order valence-corrected chi connectivity index (χ4v) is 2.05. The Morgan fingerprint density at radius 2 is 2.27 bits per heavy atom. The van der Waals surface area contributed by atoms with Crippen molar-refractivity contribution in [2.75, 3.05) is 0 Å². The van der Waals surface area contributed by atoms with Gasteiger partial charge in [-0.05, 0) is 52.6 Å². The van der Waals surface area contributed by atoms with Crippen molar-refractivity contribution in [1.82, 2.24) is 9.36 Å². The van der Waals surface area contributed by atoms with Crippen LogP contribution in [0.1, 0.15) is 21.1 Å². The average molecular weight is 283 g/mol. The molecule has 2 aromatic heterocycles. The maximum absolute atomic E-state index is 11.9. The summed E-state index contributed by atoms with van der Waals surface area (Å²) in [6.07, 6.45) is 1.61. The lowest BCUT2D eigenvalue weighted by atomic mass is 10.2. The molecule has 5 heteroatoms. The van der Waals surface area contributed by atoms with Crippen molar-refractivity contribution in [3.8, 4) is 0 Å². The van der Waals surface area contributed by atoms with Crippen LogP contribution in [0.3, 0.4) is 0 Å². The fraction of sp³-hybridized carbons (Fsp3) is 0.100. The van der Waals surface area contributed by atoms with Gasteiger partial charge in [0.2, 0.25) is 5.78 Å². The number of pyridine rings is 1. The van der Waals surface area contributed by atoms with Gasteiger partial charge in [-0.15, -0.1) is 0 Å². The molecule has 2 aromatic rings. The molecule has 0 N–H and O–H groups in total. The molecule has 0 aromatic carbocycles. The van der Waals surface area contributed by atoms with E-state index >= 15 is 0 Å². The fourth-order valence-electron chi connectivity index (χ4n) is 1.11. The van der Waals surface area contributed by atoms with E-state index in [2.05, 4.69) is 25.3 Å². The molecule has 2 rings (SSSR count). The molecule has 0 unspecified atom stereocenters. The van der Waals surface area contributed by atoms with Gasteiger partial charge < -0.3 is 0 Å². The maximum Gasteiger partial charge on any atom is 0.222 e. The van der Waals surface area contributed by atoms with E-state index in [-0.39, 0.29) is 5.78 Å². The number of hydrogen-bond donors (Lipinski definition) is 0. The van der Waals surface area contributed by atoms with E-state index < -0.39 is 0 Å². The van der Waals surface area contributed by atoms with Crippen LogP contribution in [0, 0.1) is 6.92 Å². The molecule has 0 aliphatic carbocycles. The van der Waals surface area contributed by atoms with Gasteiger partial charge in [0, 0.05) is 10.7 Å². The van der Waals surface area contributed by atoms with Gasteiger partial charge in [0.15, 0.2) is 0 Å². The lowest BCUT2D eigenvalue weighted by Gasteiger charge is -1.95. The zero-order chi connectivity index (χ0) is 10.8. The maximum atomic E-state index is 11.9. The van der Waals surface area contributed by atoms with Gasteiger partial charge in [-0.25, -0.2) is 0 Å². The van der Waals surface area contributed by atoms with Gasteiger partial charge >= 0.3 is 0 Å². The van der Waals surface area contributed by atoms with Crippen LogP contribution in [-0.4, -0.2) is 15.1 Å². The summed E-state index contributed by atoms with van der Waals surface area (Å²) in [7, 11) is 0. The molecule has 0 atom stereocenters. The molecule has 0 amide bonds. The van der Waals surface area contributed by atoms with Crippen LogP contribution in [0.5, 0.6) is 0 Å². The lowest BCUT2D eigenvalue weighted by molar-refractivity contribution is 0.103. The third-order valence-corrected chi connectivity index (χ3v) is 3.16. The van der Waals surface area contributed by atoms with Gasteiger partial charge in [-0.2, -0.15) is 4.37 Å². The summed E-state index contributed by atoms with van der Waals surface area (Å²) in [6.45, 7) is 1.86. The molecule has 0 saturated heterocycles. The minimum atomic E-state index is -0.0758. The number of ketones is 1. The van der Waals surface area contributed by atoms with Crippen LogP contribution >= 0.6 is 27.5 Å². The van der Waals surface area contributed by atoms with Crippen LogP contribution in [0.25, 0.3) is 0 Å². The predicted molar refractivity (Wildman–Crippen MR) is 62.2 cm³/mol. The molecule has 76 valence electrons. The summed E-state index contributed by atoms with van der Waals surface area (Å²) < 4.78 is 4.93. The minimum Gasteiger partial charge on any atom is -0.286 e. The highest BCUT2D eigenvalue weighted by Gasteiger charge is 2.12. The van der Waals surface area contributed by atoms with Crippen molar-refractivity contribution in [3.05, 3.63) is 45.1 Å². The van der Waals surface area contributed by atoms with Crippen LogP contribution in [0.2, 0.25) is 0 Å². The largest absolute Gasteiger partial charge is 0.286 e. The first-order chi connectivity index (χ1) is 7.16. The van der Waals surface area contributed by atoms with Gasteiger partial charge in [0.05, 0.1) is 10.6 Å². The number of rotatable bonds is 2. The molecule has 3 nitrogen and oxygen atoms in total. The second kappa shape index (κ2) is 4.20. The first kappa shape index (κ1) is 10.4. The summed E-state index contributed by atoms with van der Waals surface area (Å²) in [5.74, 6) is -0.0758. The van der Waals surface area contributed by atoms with Crippen LogP contribution < -0.4 is 0 Å². The van der Waals surface area contributed by atoms with E-state index in [9.17, 15) is 4.79 Å². The summed E-state index contributed by atoms with van der Waals surface area (Å²) in [4.78, 5) is 16.5. The SMILES string of the molecule is Cc1cc(C(=O)c2ccc(Br)cn2)sn1. The summed E-state index contributed by atoms with van der Waals surface area (Å²) in [6, 6.07) is 5.27. The molecule has 2 heterocycles. The first-order valence-electron chi connectivity index (χ1n) is 4.26. The van der Waals surface area contributed by atoms with Crippen molar-refractivity contribution in [1.29, 1.82) is 0 Å². The normalized spacial score (nSPS) is 10.3. The molecule has 0 saturated carbocycles. The molecule has 0 spiro atoms. The number of aryl methyl sites for hydroxylation is 1. The van der Waals surface area contributed by atoms with Crippen molar-refractivity contribution in [2.24, 2.45) is 0 Å². The average Bonchev–Trinajstić information content (AvgIpc) is 2.65. The number of carbonyl (C=O) groups is 1. The van der Waals surface area contributed by atoms with Crippen molar-refractivity contribution in [3.63, 3.8) is 0 Å². The molecular formula is C10H7BrN2OS. The minimum absolute atomic E-state index is 0.0758. The van der Waals surface area contributed by atoms with Crippen molar-refractivity contribution < 1.29 is 4.79 Å². The van der Waals surface area contributed by atoms with Crippen molar-refractivity contribution in [2.45, 2.75) is 6.92 Å². The van der Waals surface area contributed by atoms with E-state index in [1.165, 1.54) is 11.5 Å². The number of carbonyl (C=O) groups excluding carboxylic acids is 1. The van der Waals surface area contributed by atoms with E-state index in [1.54, 1.807) is 24.4 Å². The quantitative estimate of drug-likeness (QED) is 0.796. The Balaban J connectivity index is 2.32. The lowest BCUT2D eigenvalue weighted by Crippen LogP contribution is -2.01. The van der Waals surface area contributed by atoms with Gasteiger partial charge in [-0.3, -0.25) is 9.78 Å². The van der Waals surface area contributed by atoms with Gasteiger partial charge in [-0.1, -0.05) is 0 Å². The third kappa shape index (κ3) is 2.30.